The molecule has 1 aromatic heterocycles. The molecule has 2 atom stereocenters. The van der Waals surface area contributed by atoms with E-state index in [4.69, 9.17) is 5.26 Å². The Morgan fingerprint density at radius 2 is 1.83 bits per heavy atom. The molecule has 1 N–H and O–H groups in total. The SMILES string of the molecule is CCNC(=O)[C@@H]1CN(C(=O)c2ccncc2)C[C@H]1C1CCN(c2ccc(C#N)c(C(F)(F)F)c2)CC1. The van der Waals surface area contributed by atoms with E-state index in [-0.39, 0.29) is 29.6 Å². The van der Waals surface area contributed by atoms with Crippen molar-refractivity contribution in [2.45, 2.75) is 25.9 Å². The molecule has 2 aliphatic rings. The Balaban J connectivity index is 1.48. The van der Waals surface area contributed by atoms with Crippen LogP contribution in [-0.2, 0) is 11.0 Å². The number of piperidine rings is 1. The lowest BCUT2D eigenvalue weighted by atomic mass is 9.78. The second kappa shape index (κ2) is 10.6. The zero-order valence-corrected chi connectivity index (χ0v) is 20.0. The van der Waals surface area contributed by atoms with Crippen LogP contribution in [0.3, 0.4) is 0 Å². The Labute approximate surface area is 207 Å². The summed E-state index contributed by atoms with van der Waals surface area (Å²) in [5, 5.41) is 11.9. The molecule has 0 unspecified atom stereocenters. The highest BCUT2D eigenvalue weighted by Gasteiger charge is 2.44. The first kappa shape index (κ1) is 25.5. The molecule has 36 heavy (non-hydrogen) atoms. The smallest absolute Gasteiger partial charge is 0.372 e. The first-order valence-electron chi connectivity index (χ1n) is 12.1. The van der Waals surface area contributed by atoms with E-state index in [0.29, 0.717) is 56.8 Å². The number of rotatable bonds is 5. The molecule has 2 fully saturated rings. The third kappa shape index (κ3) is 5.30. The van der Waals surface area contributed by atoms with Crippen molar-refractivity contribution >= 4 is 17.5 Å². The first-order chi connectivity index (χ1) is 17.2. The molecule has 7 nitrogen and oxygen atoms in total. The highest BCUT2D eigenvalue weighted by atomic mass is 19.4. The minimum atomic E-state index is -4.60. The van der Waals surface area contributed by atoms with Gasteiger partial charge in [0.05, 0.1) is 23.1 Å². The van der Waals surface area contributed by atoms with Gasteiger partial charge in [-0.15, -0.1) is 0 Å². The lowest BCUT2D eigenvalue weighted by Gasteiger charge is -2.37. The monoisotopic (exact) mass is 499 g/mol. The molecule has 0 radical (unpaired) electrons. The van der Waals surface area contributed by atoms with E-state index in [1.54, 1.807) is 41.6 Å². The molecule has 2 aliphatic heterocycles. The number of hydrogen-bond donors (Lipinski definition) is 1. The van der Waals surface area contributed by atoms with Gasteiger partial charge in [0.1, 0.15) is 0 Å². The normalized spacial score (nSPS) is 20.8. The second-order valence-corrected chi connectivity index (χ2v) is 9.27. The average Bonchev–Trinajstić information content (AvgIpc) is 3.34. The fraction of sp³-hybridized carbons (Fsp3) is 0.462. The van der Waals surface area contributed by atoms with E-state index in [1.807, 2.05) is 11.8 Å². The maximum absolute atomic E-state index is 13.4. The number of hydrogen-bond acceptors (Lipinski definition) is 5. The molecule has 4 rings (SSSR count). The van der Waals surface area contributed by atoms with Gasteiger partial charge >= 0.3 is 6.18 Å². The van der Waals surface area contributed by atoms with Crippen LogP contribution < -0.4 is 10.2 Å². The van der Waals surface area contributed by atoms with Gasteiger partial charge in [-0.3, -0.25) is 14.6 Å². The van der Waals surface area contributed by atoms with Crippen molar-refractivity contribution in [1.29, 1.82) is 5.26 Å². The number of nitriles is 1. The highest BCUT2D eigenvalue weighted by molar-refractivity contribution is 5.95. The van der Waals surface area contributed by atoms with Gasteiger partial charge in [0.15, 0.2) is 0 Å². The predicted molar refractivity (Wildman–Crippen MR) is 127 cm³/mol. The van der Waals surface area contributed by atoms with Crippen LogP contribution in [0.5, 0.6) is 0 Å². The molecule has 0 aliphatic carbocycles. The van der Waals surface area contributed by atoms with Crippen LogP contribution in [0, 0.1) is 29.1 Å². The minimum Gasteiger partial charge on any atom is -0.372 e. The minimum absolute atomic E-state index is 0.0313. The number of carbonyl (C=O) groups is 2. The fourth-order valence-corrected chi connectivity index (χ4v) is 5.38. The van der Waals surface area contributed by atoms with Crippen LogP contribution in [0.15, 0.2) is 42.7 Å². The Bertz CT molecular complexity index is 1140. The standard InChI is InChI=1S/C26H28F3N5O2/c1-2-32-24(35)22-16-34(25(36)18-5-9-31-10-6-18)15-21(22)17-7-11-33(12-8-17)20-4-3-19(14-30)23(13-20)26(27,28)29/h3-6,9-10,13,17,21-22H,2,7-8,11-12,15-16H2,1H3,(H,32,35)/t21-,22+/m0/s1. The third-order valence-corrected chi connectivity index (χ3v) is 7.21. The van der Waals surface area contributed by atoms with Crippen LogP contribution in [0.25, 0.3) is 0 Å². The number of nitrogens with one attached hydrogen (secondary N) is 1. The topological polar surface area (TPSA) is 89.3 Å². The van der Waals surface area contributed by atoms with E-state index < -0.39 is 17.3 Å². The van der Waals surface area contributed by atoms with Crippen molar-refractivity contribution in [1.82, 2.24) is 15.2 Å². The summed E-state index contributed by atoms with van der Waals surface area (Å²) in [7, 11) is 0. The maximum Gasteiger partial charge on any atom is 0.417 e. The van der Waals surface area contributed by atoms with Gasteiger partial charge in [-0.25, -0.2) is 0 Å². The maximum atomic E-state index is 13.4. The molecule has 190 valence electrons. The summed E-state index contributed by atoms with van der Waals surface area (Å²) in [4.78, 5) is 33.5. The van der Waals surface area contributed by atoms with Gasteiger partial charge < -0.3 is 15.1 Å². The molecule has 3 heterocycles. The number of carbonyl (C=O) groups excluding carboxylic acids is 2. The highest BCUT2D eigenvalue weighted by Crippen LogP contribution is 2.39. The molecular weight excluding hydrogens is 471 g/mol. The van der Waals surface area contributed by atoms with Crippen molar-refractivity contribution in [3.05, 3.63) is 59.4 Å². The van der Waals surface area contributed by atoms with Gasteiger partial charge in [0, 0.05) is 56.4 Å². The van der Waals surface area contributed by atoms with Crippen molar-refractivity contribution in [2.75, 3.05) is 37.6 Å². The van der Waals surface area contributed by atoms with Gasteiger partial charge in [0.25, 0.3) is 5.91 Å². The average molecular weight is 500 g/mol. The second-order valence-electron chi connectivity index (χ2n) is 9.27. The summed E-state index contributed by atoms with van der Waals surface area (Å²) < 4.78 is 40.2. The van der Waals surface area contributed by atoms with E-state index in [9.17, 15) is 22.8 Å². The molecule has 10 heteroatoms. The number of amides is 2. The molecule has 2 aromatic rings. The van der Waals surface area contributed by atoms with Crippen molar-refractivity contribution in [3.63, 3.8) is 0 Å². The molecule has 2 saturated heterocycles. The zero-order valence-electron chi connectivity index (χ0n) is 20.0. The summed E-state index contributed by atoms with van der Waals surface area (Å²) in [5.74, 6) is -0.416. The summed E-state index contributed by atoms with van der Waals surface area (Å²) in [5.41, 5.74) is -0.366. The lowest BCUT2D eigenvalue weighted by Crippen LogP contribution is -2.41. The number of halogens is 3. The van der Waals surface area contributed by atoms with Crippen LogP contribution >= 0.6 is 0 Å². The predicted octanol–water partition coefficient (Wildman–Crippen LogP) is 3.71. The number of pyridine rings is 1. The molecule has 0 bridgehead atoms. The van der Waals surface area contributed by atoms with Gasteiger partial charge in [0.2, 0.25) is 5.91 Å². The van der Waals surface area contributed by atoms with E-state index in [0.717, 1.165) is 6.07 Å². The van der Waals surface area contributed by atoms with E-state index >= 15 is 0 Å². The van der Waals surface area contributed by atoms with Crippen LogP contribution in [-0.4, -0.2) is 54.4 Å². The number of alkyl halides is 3. The van der Waals surface area contributed by atoms with Crippen LogP contribution in [0.2, 0.25) is 0 Å². The van der Waals surface area contributed by atoms with Gasteiger partial charge in [-0.1, -0.05) is 0 Å². The number of anilines is 1. The molecule has 1 aromatic carbocycles. The van der Waals surface area contributed by atoms with E-state index in [2.05, 4.69) is 10.3 Å². The molecule has 0 saturated carbocycles. The van der Waals surface area contributed by atoms with Gasteiger partial charge in [-0.2, -0.15) is 18.4 Å². The largest absolute Gasteiger partial charge is 0.417 e. The third-order valence-electron chi connectivity index (χ3n) is 7.21. The van der Waals surface area contributed by atoms with E-state index in [1.165, 1.54) is 6.07 Å². The summed E-state index contributed by atoms with van der Waals surface area (Å²) in [6.45, 7) is 4.22. The summed E-state index contributed by atoms with van der Waals surface area (Å²) in [6.07, 6.45) is -0.0946. The van der Waals surface area contributed by atoms with Crippen LogP contribution in [0.1, 0.15) is 41.3 Å². The molecule has 0 spiro atoms. The molecule has 2 amide bonds. The number of nitrogens with zero attached hydrogens (tertiary/aromatic N) is 4. The fourth-order valence-electron chi connectivity index (χ4n) is 5.38. The zero-order chi connectivity index (χ0) is 25.9. The number of benzene rings is 1. The Morgan fingerprint density at radius 3 is 2.44 bits per heavy atom. The van der Waals surface area contributed by atoms with Gasteiger partial charge in [-0.05, 0) is 61.9 Å². The Kier molecular flexibility index (Phi) is 7.48. The summed E-state index contributed by atoms with van der Waals surface area (Å²) in [6, 6.07) is 8.74. The Morgan fingerprint density at radius 1 is 1.14 bits per heavy atom. The number of likely N-dealkylation sites (tertiary alicyclic amines) is 1. The van der Waals surface area contributed by atoms with Crippen molar-refractivity contribution < 1.29 is 22.8 Å². The van der Waals surface area contributed by atoms with Crippen molar-refractivity contribution in [3.8, 4) is 6.07 Å². The lowest BCUT2D eigenvalue weighted by molar-refractivity contribution is -0.137. The number of aromatic nitrogens is 1. The first-order valence-corrected chi connectivity index (χ1v) is 12.1. The van der Waals surface area contributed by atoms with Crippen molar-refractivity contribution in [2.24, 2.45) is 17.8 Å². The quantitative estimate of drug-likeness (QED) is 0.678. The van der Waals surface area contributed by atoms with Crippen LogP contribution in [0.4, 0.5) is 18.9 Å². The molecular formula is C26H28F3N5O2. The Hall–Kier alpha value is -3.61. The summed E-state index contributed by atoms with van der Waals surface area (Å²) >= 11 is 0.